The highest BCUT2D eigenvalue weighted by Crippen LogP contribution is 2.06. The minimum absolute atomic E-state index is 0.221. The van der Waals surface area contributed by atoms with Crippen molar-refractivity contribution < 1.29 is 4.79 Å². The number of rotatable bonds is 6. The van der Waals surface area contributed by atoms with E-state index in [0.29, 0.717) is 18.7 Å². The lowest BCUT2D eigenvalue weighted by Gasteiger charge is -2.10. The molecule has 0 bridgehead atoms. The molecular formula is C12H19N3O. The van der Waals surface area contributed by atoms with Crippen LogP contribution < -0.4 is 11.1 Å². The van der Waals surface area contributed by atoms with Gasteiger partial charge in [-0.25, -0.2) is 4.98 Å². The summed E-state index contributed by atoms with van der Waals surface area (Å²) in [6.07, 6.45) is 2.62. The van der Waals surface area contributed by atoms with Crippen LogP contribution in [0.4, 0.5) is 5.82 Å². The lowest BCUT2D eigenvalue weighted by molar-refractivity contribution is -0.118. The van der Waals surface area contributed by atoms with Crippen molar-refractivity contribution in [3.63, 3.8) is 0 Å². The fraction of sp³-hybridized carbons (Fsp3) is 0.500. The lowest BCUT2D eigenvalue weighted by Crippen LogP contribution is -2.28. The first kappa shape index (κ1) is 12.6. The monoisotopic (exact) mass is 221 g/mol. The molecule has 1 rings (SSSR count). The van der Waals surface area contributed by atoms with E-state index in [4.69, 9.17) is 5.73 Å². The number of Topliss-reactive ketones (excluding diaryl/α,β-unsaturated/α-hetero) is 1. The molecule has 0 amide bonds. The quantitative estimate of drug-likeness (QED) is 0.756. The maximum absolute atomic E-state index is 11.7. The summed E-state index contributed by atoms with van der Waals surface area (Å²) in [5.41, 5.74) is 6.48. The molecule has 0 aliphatic rings. The molecule has 0 aromatic carbocycles. The number of carbonyl (C=O) groups excluding carboxylic acids is 1. The summed E-state index contributed by atoms with van der Waals surface area (Å²) in [6, 6.07) is 3.80. The average molecular weight is 221 g/mol. The van der Waals surface area contributed by atoms with E-state index in [1.165, 1.54) is 0 Å². The highest BCUT2D eigenvalue weighted by Gasteiger charge is 2.08. The Bertz CT molecular complexity index is 352. The van der Waals surface area contributed by atoms with Gasteiger partial charge in [0.15, 0.2) is 0 Å². The number of pyridine rings is 1. The number of nitrogen functional groups attached to an aromatic ring is 1. The maximum atomic E-state index is 11.7. The van der Waals surface area contributed by atoms with Gasteiger partial charge in [-0.05, 0) is 31.2 Å². The summed E-state index contributed by atoms with van der Waals surface area (Å²) in [5, 5.41) is 3.22. The number of nitrogens with one attached hydrogen (secondary N) is 1. The van der Waals surface area contributed by atoms with Gasteiger partial charge in [0.1, 0.15) is 11.6 Å². The van der Waals surface area contributed by atoms with Gasteiger partial charge in [-0.15, -0.1) is 0 Å². The highest BCUT2D eigenvalue weighted by molar-refractivity contribution is 5.81. The Hall–Kier alpha value is -1.42. The van der Waals surface area contributed by atoms with E-state index in [0.717, 1.165) is 12.1 Å². The first-order valence-corrected chi connectivity index (χ1v) is 5.57. The predicted molar refractivity (Wildman–Crippen MR) is 65.1 cm³/mol. The SMILES string of the molecule is CCNC(C)CC(=O)Cc1ccnc(N)c1. The van der Waals surface area contributed by atoms with Crippen LogP contribution in [0.1, 0.15) is 25.8 Å². The van der Waals surface area contributed by atoms with E-state index in [1.54, 1.807) is 12.3 Å². The Kier molecular flexibility index (Phi) is 4.92. The van der Waals surface area contributed by atoms with Gasteiger partial charge in [0.2, 0.25) is 0 Å². The average Bonchev–Trinajstić information content (AvgIpc) is 2.17. The van der Waals surface area contributed by atoms with E-state index in [1.807, 2.05) is 19.9 Å². The molecule has 0 saturated heterocycles. The molecule has 1 unspecified atom stereocenters. The topological polar surface area (TPSA) is 68.0 Å². The van der Waals surface area contributed by atoms with Gasteiger partial charge in [-0.3, -0.25) is 4.79 Å². The van der Waals surface area contributed by atoms with Gasteiger partial charge in [0.05, 0.1) is 0 Å². The first-order valence-electron chi connectivity index (χ1n) is 5.57. The summed E-state index contributed by atoms with van der Waals surface area (Å²) in [4.78, 5) is 15.6. The number of ketones is 1. The molecule has 16 heavy (non-hydrogen) atoms. The zero-order valence-corrected chi connectivity index (χ0v) is 9.86. The van der Waals surface area contributed by atoms with E-state index in [-0.39, 0.29) is 11.8 Å². The standard InChI is InChI=1S/C12H19N3O/c1-3-14-9(2)6-11(16)7-10-4-5-15-12(13)8-10/h4-5,8-9,14H,3,6-7H2,1-2H3,(H2,13,15). The van der Waals surface area contributed by atoms with Crippen LogP contribution in [0, 0.1) is 0 Å². The third-order valence-electron chi connectivity index (χ3n) is 2.33. The van der Waals surface area contributed by atoms with Gasteiger partial charge in [0, 0.05) is 25.1 Å². The van der Waals surface area contributed by atoms with Gasteiger partial charge < -0.3 is 11.1 Å². The molecule has 0 radical (unpaired) electrons. The van der Waals surface area contributed by atoms with Crippen molar-refractivity contribution in [2.45, 2.75) is 32.7 Å². The minimum Gasteiger partial charge on any atom is -0.384 e. The van der Waals surface area contributed by atoms with Gasteiger partial charge in [-0.1, -0.05) is 6.92 Å². The molecule has 4 nitrogen and oxygen atoms in total. The maximum Gasteiger partial charge on any atom is 0.138 e. The number of aromatic nitrogens is 1. The molecule has 1 aromatic heterocycles. The molecule has 0 aliphatic carbocycles. The van der Waals surface area contributed by atoms with E-state index >= 15 is 0 Å². The third-order valence-corrected chi connectivity index (χ3v) is 2.33. The second kappa shape index (κ2) is 6.23. The van der Waals surface area contributed by atoms with Crippen molar-refractivity contribution in [2.24, 2.45) is 0 Å². The van der Waals surface area contributed by atoms with Crippen LogP contribution in [0.25, 0.3) is 0 Å². The van der Waals surface area contributed by atoms with Crippen LogP contribution in [-0.4, -0.2) is 23.4 Å². The minimum atomic E-state index is 0.221. The van der Waals surface area contributed by atoms with Crippen molar-refractivity contribution in [1.29, 1.82) is 0 Å². The summed E-state index contributed by atoms with van der Waals surface area (Å²) in [5.74, 6) is 0.684. The van der Waals surface area contributed by atoms with Crippen LogP contribution >= 0.6 is 0 Å². The highest BCUT2D eigenvalue weighted by atomic mass is 16.1. The molecular weight excluding hydrogens is 202 g/mol. The zero-order valence-electron chi connectivity index (χ0n) is 9.86. The summed E-state index contributed by atoms with van der Waals surface area (Å²) < 4.78 is 0. The Morgan fingerprint density at radius 1 is 1.62 bits per heavy atom. The Morgan fingerprint density at radius 2 is 2.38 bits per heavy atom. The van der Waals surface area contributed by atoms with Crippen molar-refractivity contribution in [3.8, 4) is 0 Å². The number of nitrogens with zero attached hydrogens (tertiary/aromatic N) is 1. The van der Waals surface area contributed by atoms with E-state index in [2.05, 4.69) is 10.3 Å². The summed E-state index contributed by atoms with van der Waals surface area (Å²) in [7, 11) is 0. The van der Waals surface area contributed by atoms with E-state index in [9.17, 15) is 4.79 Å². The number of hydrogen-bond donors (Lipinski definition) is 2. The molecule has 3 N–H and O–H groups in total. The van der Waals surface area contributed by atoms with E-state index < -0.39 is 0 Å². The number of anilines is 1. The molecule has 1 heterocycles. The van der Waals surface area contributed by atoms with Crippen LogP contribution in [0.3, 0.4) is 0 Å². The second-order valence-electron chi connectivity index (χ2n) is 3.97. The van der Waals surface area contributed by atoms with Crippen LogP contribution in [-0.2, 0) is 11.2 Å². The number of hydrogen-bond acceptors (Lipinski definition) is 4. The number of nitrogens with two attached hydrogens (primary N) is 1. The molecule has 1 atom stereocenters. The molecule has 0 saturated carbocycles. The first-order chi connectivity index (χ1) is 7.61. The molecule has 1 aromatic rings. The zero-order chi connectivity index (χ0) is 12.0. The Balaban J connectivity index is 2.45. The van der Waals surface area contributed by atoms with Gasteiger partial charge in [-0.2, -0.15) is 0 Å². The third kappa shape index (κ3) is 4.40. The largest absolute Gasteiger partial charge is 0.384 e. The van der Waals surface area contributed by atoms with Gasteiger partial charge in [0.25, 0.3) is 0 Å². The van der Waals surface area contributed by atoms with Crippen molar-refractivity contribution in [2.75, 3.05) is 12.3 Å². The molecule has 4 heteroatoms. The lowest BCUT2D eigenvalue weighted by atomic mass is 10.0. The fourth-order valence-corrected chi connectivity index (χ4v) is 1.67. The normalized spacial score (nSPS) is 12.4. The smallest absolute Gasteiger partial charge is 0.138 e. The summed E-state index contributed by atoms with van der Waals surface area (Å²) >= 11 is 0. The summed E-state index contributed by atoms with van der Waals surface area (Å²) in [6.45, 7) is 4.93. The van der Waals surface area contributed by atoms with Crippen molar-refractivity contribution in [1.82, 2.24) is 10.3 Å². The van der Waals surface area contributed by atoms with Crippen LogP contribution in [0.2, 0.25) is 0 Å². The molecule has 0 spiro atoms. The van der Waals surface area contributed by atoms with Crippen molar-refractivity contribution in [3.05, 3.63) is 23.9 Å². The van der Waals surface area contributed by atoms with Crippen molar-refractivity contribution >= 4 is 11.6 Å². The van der Waals surface area contributed by atoms with Crippen LogP contribution in [0.5, 0.6) is 0 Å². The fourth-order valence-electron chi connectivity index (χ4n) is 1.67. The molecule has 0 fully saturated rings. The second-order valence-corrected chi connectivity index (χ2v) is 3.97. The molecule has 88 valence electrons. The van der Waals surface area contributed by atoms with Gasteiger partial charge >= 0.3 is 0 Å². The Labute approximate surface area is 96.3 Å². The molecule has 0 aliphatic heterocycles. The Morgan fingerprint density at radius 3 is 3.00 bits per heavy atom. The van der Waals surface area contributed by atoms with Crippen LogP contribution in [0.15, 0.2) is 18.3 Å². The number of carbonyl (C=O) groups is 1. The predicted octanol–water partition coefficient (Wildman–Crippen LogP) is 1.16.